The highest BCUT2D eigenvalue weighted by Gasteiger charge is 2.13. The van der Waals surface area contributed by atoms with E-state index in [4.69, 9.17) is 16.9 Å². The van der Waals surface area contributed by atoms with Crippen molar-refractivity contribution in [3.63, 3.8) is 0 Å². The van der Waals surface area contributed by atoms with Crippen LogP contribution in [0.15, 0.2) is 48.7 Å². The maximum atomic E-state index is 12.0. The van der Waals surface area contributed by atoms with Crippen LogP contribution in [0.5, 0.6) is 0 Å². The molecule has 3 aromatic rings. The first-order valence-corrected chi connectivity index (χ1v) is 10.2. The van der Waals surface area contributed by atoms with Crippen molar-refractivity contribution in [1.29, 1.82) is 0 Å². The lowest BCUT2D eigenvalue weighted by molar-refractivity contribution is 0.141. The third-order valence-corrected chi connectivity index (χ3v) is 4.74. The average Bonchev–Trinajstić information content (AvgIpc) is 2.81. The van der Waals surface area contributed by atoms with Crippen LogP contribution >= 0.6 is 0 Å². The van der Waals surface area contributed by atoms with Gasteiger partial charge in [0.2, 0.25) is 0 Å². The van der Waals surface area contributed by atoms with Crippen molar-refractivity contribution in [2.45, 2.75) is 20.1 Å². The number of nitrogens with two attached hydrogens (primary N) is 1. The molecule has 32 heavy (non-hydrogen) atoms. The van der Waals surface area contributed by atoms with Crippen LogP contribution in [-0.2, 0) is 17.9 Å². The van der Waals surface area contributed by atoms with E-state index in [0.29, 0.717) is 18.9 Å². The highest BCUT2D eigenvalue weighted by atomic mass is 16.5. The van der Waals surface area contributed by atoms with Crippen molar-refractivity contribution < 1.29 is 14.3 Å². The van der Waals surface area contributed by atoms with E-state index >= 15 is 0 Å². The Morgan fingerprint density at radius 2 is 2.00 bits per heavy atom. The van der Waals surface area contributed by atoms with E-state index in [-0.39, 0.29) is 19.2 Å². The summed E-state index contributed by atoms with van der Waals surface area (Å²) in [6, 6.07) is 13.2. The molecule has 1 aromatic heterocycles. The smallest absolute Gasteiger partial charge is 0.408 e. The Balaban J connectivity index is 2.02. The number of hydrogen-bond donors (Lipinski definition) is 4. The first kappa shape index (κ1) is 22.6. The summed E-state index contributed by atoms with van der Waals surface area (Å²) in [5.41, 5.74) is 9.51. The molecule has 0 spiro atoms. The van der Waals surface area contributed by atoms with E-state index in [9.17, 15) is 9.59 Å². The molecule has 5 N–H and O–H groups in total. The Morgan fingerprint density at radius 3 is 2.75 bits per heavy atom. The van der Waals surface area contributed by atoms with Gasteiger partial charge in [0.05, 0.1) is 6.54 Å². The number of terminal acetylenes is 1. The van der Waals surface area contributed by atoms with E-state index in [0.717, 1.165) is 33.0 Å². The molecule has 2 aromatic carbocycles. The van der Waals surface area contributed by atoms with Crippen LogP contribution in [0.25, 0.3) is 21.9 Å². The highest BCUT2D eigenvalue weighted by molar-refractivity contribution is 6.01. The summed E-state index contributed by atoms with van der Waals surface area (Å²) in [6.45, 7) is 2.89. The standard InChI is InChI=1S/C24H25N5O3/c1-3-10-27-24(31)32-15-18-8-9-19(17-7-5-6-16(11-17)13-25)20-12-22(28-14-21(18)20)29-23(30)26-4-2/h1,5-9,11-12,14H,4,10,13,15,25H2,2H3,(H,27,31)(H2,26,28,29,30). The van der Waals surface area contributed by atoms with Gasteiger partial charge < -0.3 is 21.1 Å². The molecule has 0 fully saturated rings. The molecule has 164 valence electrons. The quantitative estimate of drug-likeness (QED) is 0.428. The maximum Gasteiger partial charge on any atom is 0.408 e. The summed E-state index contributed by atoms with van der Waals surface area (Å²) in [6.07, 6.45) is 6.21. The molecular weight excluding hydrogens is 406 g/mol. The molecule has 0 radical (unpaired) electrons. The third kappa shape index (κ3) is 5.53. The lowest BCUT2D eigenvalue weighted by atomic mass is 9.95. The number of aromatic nitrogens is 1. The van der Waals surface area contributed by atoms with Crippen LogP contribution in [0, 0.1) is 12.3 Å². The second kappa shape index (κ2) is 10.8. The first-order valence-electron chi connectivity index (χ1n) is 10.2. The Labute approximate surface area is 186 Å². The van der Waals surface area contributed by atoms with E-state index in [1.54, 1.807) is 12.3 Å². The molecule has 1 heterocycles. The normalized spacial score (nSPS) is 10.3. The summed E-state index contributed by atoms with van der Waals surface area (Å²) in [5.74, 6) is 2.73. The van der Waals surface area contributed by atoms with Gasteiger partial charge in [0, 0.05) is 24.7 Å². The fourth-order valence-corrected chi connectivity index (χ4v) is 3.25. The van der Waals surface area contributed by atoms with E-state index in [2.05, 4.69) is 26.9 Å². The predicted molar refractivity (Wildman–Crippen MR) is 125 cm³/mol. The van der Waals surface area contributed by atoms with Crippen molar-refractivity contribution in [1.82, 2.24) is 15.6 Å². The summed E-state index contributed by atoms with van der Waals surface area (Å²) in [4.78, 5) is 28.1. The number of ether oxygens (including phenoxy) is 1. The van der Waals surface area contributed by atoms with Crippen molar-refractivity contribution >= 4 is 28.7 Å². The van der Waals surface area contributed by atoms with Crippen LogP contribution in [0.1, 0.15) is 18.1 Å². The van der Waals surface area contributed by atoms with Gasteiger partial charge in [-0.05, 0) is 46.7 Å². The Hall–Kier alpha value is -4.09. The summed E-state index contributed by atoms with van der Waals surface area (Å²) >= 11 is 0. The number of amides is 3. The monoisotopic (exact) mass is 431 g/mol. The van der Waals surface area contributed by atoms with Gasteiger partial charge >= 0.3 is 12.1 Å². The van der Waals surface area contributed by atoms with Crippen molar-refractivity contribution in [3.05, 3.63) is 59.8 Å². The maximum absolute atomic E-state index is 12.0. The summed E-state index contributed by atoms with van der Waals surface area (Å²) < 4.78 is 5.28. The molecule has 0 aliphatic rings. The molecule has 0 aliphatic carbocycles. The highest BCUT2D eigenvalue weighted by Crippen LogP contribution is 2.32. The van der Waals surface area contributed by atoms with E-state index in [1.807, 2.05) is 43.3 Å². The number of urea groups is 1. The predicted octanol–water partition coefficient (Wildman–Crippen LogP) is 3.36. The molecule has 0 aliphatic heterocycles. The fourth-order valence-electron chi connectivity index (χ4n) is 3.25. The van der Waals surface area contributed by atoms with Crippen molar-refractivity contribution in [3.8, 4) is 23.5 Å². The minimum absolute atomic E-state index is 0.0425. The number of carbonyl (C=O) groups excluding carboxylic acids is 2. The number of nitrogens with zero attached hydrogens (tertiary/aromatic N) is 1. The first-order chi connectivity index (χ1) is 15.5. The second-order valence-corrected chi connectivity index (χ2v) is 6.91. The number of fused-ring (bicyclic) bond motifs is 1. The molecule has 0 unspecified atom stereocenters. The number of rotatable bonds is 7. The van der Waals surface area contributed by atoms with Crippen LogP contribution in [-0.4, -0.2) is 30.2 Å². The minimum Gasteiger partial charge on any atom is -0.445 e. The summed E-state index contributed by atoms with van der Waals surface area (Å²) in [7, 11) is 0. The minimum atomic E-state index is -0.599. The molecule has 0 bridgehead atoms. The van der Waals surface area contributed by atoms with Gasteiger partial charge in [0.25, 0.3) is 0 Å². The van der Waals surface area contributed by atoms with Crippen LogP contribution < -0.4 is 21.7 Å². The zero-order valence-electron chi connectivity index (χ0n) is 17.8. The number of anilines is 1. The van der Waals surface area contributed by atoms with E-state index < -0.39 is 6.09 Å². The Morgan fingerprint density at radius 1 is 1.16 bits per heavy atom. The van der Waals surface area contributed by atoms with Gasteiger partial charge in [-0.15, -0.1) is 6.42 Å². The molecular formula is C24H25N5O3. The Bertz CT molecular complexity index is 1170. The van der Waals surface area contributed by atoms with Gasteiger partial charge in [0.15, 0.2) is 0 Å². The zero-order chi connectivity index (χ0) is 22.9. The summed E-state index contributed by atoms with van der Waals surface area (Å²) in [5, 5.41) is 9.53. The van der Waals surface area contributed by atoms with Gasteiger partial charge in [-0.1, -0.05) is 36.3 Å². The van der Waals surface area contributed by atoms with Gasteiger partial charge in [-0.25, -0.2) is 14.6 Å². The fraction of sp³-hybridized carbons (Fsp3) is 0.208. The number of benzene rings is 2. The topological polar surface area (TPSA) is 118 Å². The number of alkyl carbamates (subject to hydrolysis) is 1. The van der Waals surface area contributed by atoms with Crippen LogP contribution in [0.4, 0.5) is 15.4 Å². The van der Waals surface area contributed by atoms with Crippen molar-refractivity contribution in [2.75, 3.05) is 18.4 Å². The molecule has 0 saturated carbocycles. The zero-order valence-corrected chi connectivity index (χ0v) is 17.8. The third-order valence-electron chi connectivity index (χ3n) is 4.74. The Kier molecular flexibility index (Phi) is 7.62. The second-order valence-electron chi connectivity index (χ2n) is 6.91. The molecule has 8 heteroatoms. The number of nitrogens with one attached hydrogen (secondary N) is 3. The van der Waals surface area contributed by atoms with Gasteiger partial charge in [0.1, 0.15) is 12.4 Å². The number of hydrogen-bond acceptors (Lipinski definition) is 5. The molecule has 3 amide bonds. The van der Waals surface area contributed by atoms with Crippen LogP contribution in [0.3, 0.4) is 0 Å². The lowest BCUT2D eigenvalue weighted by Crippen LogP contribution is -2.28. The largest absolute Gasteiger partial charge is 0.445 e. The van der Waals surface area contributed by atoms with Crippen LogP contribution in [0.2, 0.25) is 0 Å². The molecule has 3 rings (SSSR count). The lowest BCUT2D eigenvalue weighted by Gasteiger charge is -2.14. The molecule has 0 atom stereocenters. The molecule has 0 saturated heterocycles. The number of pyridine rings is 1. The molecule has 8 nitrogen and oxygen atoms in total. The van der Waals surface area contributed by atoms with Crippen molar-refractivity contribution in [2.24, 2.45) is 5.73 Å². The van der Waals surface area contributed by atoms with E-state index in [1.165, 1.54) is 0 Å². The van der Waals surface area contributed by atoms with Gasteiger partial charge in [-0.3, -0.25) is 5.32 Å². The van der Waals surface area contributed by atoms with Gasteiger partial charge in [-0.2, -0.15) is 0 Å². The average molecular weight is 431 g/mol. The number of carbonyl (C=O) groups is 2. The SMILES string of the molecule is C#CCNC(=O)OCc1ccc(-c2cccc(CN)c2)c2cc(NC(=O)NCC)ncc12.